The molecule has 0 radical (unpaired) electrons. The molecule has 132 valence electrons. The fraction of sp³-hybridized carbons (Fsp3) is 0.588. The average molecular weight is 350 g/mol. The van der Waals surface area contributed by atoms with Gasteiger partial charge in [0.2, 0.25) is 0 Å². The van der Waals surface area contributed by atoms with Crippen LogP contribution in [0.3, 0.4) is 0 Å². The van der Waals surface area contributed by atoms with E-state index in [9.17, 15) is 4.79 Å². The molecular formula is C17H26N4O2S. The zero-order valence-corrected chi connectivity index (χ0v) is 16.0. The number of hydrogen-bond acceptors (Lipinski definition) is 6. The van der Waals surface area contributed by atoms with E-state index in [1.54, 1.807) is 6.20 Å². The number of nitrogens with zero attached hydrogens (tertiary/aromatic N) is 3. The predicted molar refractivity (Wildman–Crippen MR) is 96.4 cm³/mol. The molecule has 0 aromatic carbocycles. The van der Waals surface area contributed by atoms with Crippen molar-refractivity contribution < 1.29 is 9.32 Å². The molecule has 0 saturated carbocycles. The van der Waals surface area contributed by atoms with Crippen molar-refractivity contribution in [3.63, 3.8) is 0 Å². The van der Waals surface area contributed by atoms with Gasteiger partial charge >= 0.3 is 0 Å². The van der Waals surface area contributed by atoms with Crippen molar-refractivity contribution in [2.75, 3.05) is 13.1 Å². The first-order valence-corrected chi connectivity index (χ1v) is 9.06. The summed E-state index contributed by atoms with van der Waals surface area (Å²) in [6, 6.07) is 0.910. The molecule has 7 heteroatoms. The summed E-state index contributed by atoms with van der Waals surface area (Å²) in [5.74, 6) is 0.635. The molecule has 2 rings (SSSR count). The van der Waals surface area contributed by atoms with Gasteiger partial charge in [0.25, 0.3) is 5.91 Å². The van der Waals surface area contributed by atoms with E-state index in [1.165, 1.54) is 11.3 Å². The van der Waals surface area contributed by atoms with Gasteiger partial charge in [0.15, 0.2) is 0 Å². The lowest BCUT2D eigenvalue weighted by atomic mass is 10.2. The Kier molecular flexibility index (Phi) is 6.12. The zero-order valence-electron chi connectivity index (χ0n) is 15.2. The van der Waals surface area contributed by atoms with Crippen molar-refractivity contribution in [2.45, 2.75) is 53.6 Å². The summed E-state index contributed by atoms with van der Waals surface area (Å²) in [4.78, 5) is 19.6. The second kappa shape index (κ2) is 7.90. The first kappa shape index (κ1) is 18.6. The van der Waals surface area contributed by atoms with E-state index in [4.69, 9.17) is 4.52 Å². The Bertz CT molecular complexity index is 663. The molecule has 1 amide bonds. The number of hydrogen-bond donors (Lipinski definition) is 1. The third-order valence-electron chi connectivity index (χ3n) is 3.96. The quantitative estimate of drug-likeness (QED) is 0.830. The summed E-state index contributed by atoms with van der Waals surface area (Å²) in [6.45, 7) is 13.8. The molecule has 2 aromatic rings. The van der Waals surface area contributed by atoms with E-state index in [-0.39, 0.29) is 5.91 Å². The van der Waals surface area contributed by atoms with Crippen molar-refractivity contribution in [2.24, 2.45) is 0 Å². The van der Waals surface area contributed by atoms with Gasteiger partial charge in [-0.2, -0.15) is 0 Å². The SMILES string of the molecule is Cc1noc(C)c1-c1ncc(C(=O)NCCN(C(C)C)C(C)C)s1. The zero-order chi connectivity index (χ0) is 17.9. The minimum atomic E-state index is -0.0852. The molecular weight excluding hydrogens is 324 g/mol. The minimum Gasteiger partial charge on any atom is -0.361 e. The van der Waals surface area contributed by atoms with Crippen molar-refractivity contribution in [3.05, 3.63) is 22.5 Å². The Labute approximate surface area is 147 Å². The van der Waals surface area contributed by atoms with Crippen LogP contribution in [0.25, 0.3) is 10.6 Å². The van der Waals surface area contributed by atoms with Gasteiger partial charge in [-0.05, 0) is 41.5 Å². The first-order chi connectivity index (χ1) is 11.3. The van der Waals surface area contributed by atoms with Crippen LogP contribution in [0, 0.1) is 13.8 Å². The maximum atomic E-state index is 12.3. The number of carbonyl (C=O) groups is 1. The monoisotopic (exact) mass is 350 g/mol. The van der Waals surface area contributed by atoms with Crippen LogP contribution in [-0.4, -0.2) is 46.1 Å². The summed E-state index contributed by atoms with van der Waals surface area (Å²) in [5, 5.41) is 7.68. The van der Waals surface area contributed by atoms with Gasteiger partial charge in [0.1, 0.15) is 15.6 Å². The van der Waals surface area contributed by atoms with Gasteiger partial charge in [0, 0.05) is 25.2 Å². The van der Waals surface area contributed by atoms with E-state index in [2.05, 4.69) is 48.1 Å². The van der Waals surface area contributed by atoms with Gasteiger partial charge < -0.3 is 9.84 Å². The van der Waals surface area contributed by atoms with Gasteiger partial charge in [0.05, 0.1) is 17.5 Å². The van der Waals surface area contributed by atoms with Crippen molar-refractivity contribution in [1.29, 1.82) is 0 Å². The Hall–Kier alpha value is -1.73. The molecule has 2 aromatic heterocycles. The van der Waals surface area contributed by atoms with Crippen LogP contribution in [-0.2, 0) is 0 Å². The minimum absolute atomic E-state index is 0.0852. The summed E-state index contributed by atoms with van der Waals surface area (Å²) in [7, 11) is 0. The van der Waals surface area contributed by atoms with Crippen LogP contribution in [0.15, 0.2) is 10.7 Å². The van der Waals surface area contributed by atoms with Crippen LogP contribution < -0.4 is 5.32 Å². The number of carbonyl (C=O) groups excluding carboxylic acids is 1. The number of rotatable bonds is 7. The van der Waals surface area contributed by atoms with Crippen molar-refractivity contribution in [1.82, 2.24) is 20.4 Å². The Balaban J connectivity index is 1.97. The molecule has 0 unspecified atom stereocenters. The molecule has 0 saturated heterocycles. The highest BCUT2D eigenvalue weighted by atomic mass is 32.1. The van der Waals surface area contributed by atoms with E-state index in [0.29, 0.717) is 23.5 Å². The van der Waals surface area contributed by atoms with Gasteiger partial charge in [-0.15, -0.1) is 11.3 Å². The first-order valence-electron chi connectivity index (χ1n) is 8.24. The highest BCUT2D eigenvalue weighted by Gasteiger charge is 2.18. The normalized spacial score (nSPS) is 11.7. The number of thiazole rings is 1. The molecule has 0 bridgehead atoms. The van der Waals surface area contributed by atoms with Crippen LogP contribution >= 0.6 is 11.3 Å². The second-order valence-electron chi connectivity index (χ2n) is 6.41. The number of aromatic nitrogens is 2. The summed E-state index contributed by atoms with van der Waals surface area (Å²) >= 11 is 1.36. The Morgan fingerprint density at radius 2 is 1.96 bits per heavy atom. The summed E-state index contributed by atoms with van der Waals surface area (Å²) in [5.41, 5.74) is 1.67. The van der Waals surface area contributed by atoms with Crippen LogP contribution in [0.1, 0.15) is 48.8 Å². The van der Waals surface area contributed by atoms with E-state index < -0.39 is 0 Å². The fourth-order valence-corrected chi connectivity index (χ4v) is 3.76. The Morgan fingerprint density at radius 3 is 2.50 bits per heavy atom. The average Bonchev–Trinajstić information content (AvgIpc) is 3.09. The number of aryl methyl sites for hydroxylation is 2. The molecule has 2 heterocycles. The van der Waals surface area contributed by atoms with Crippen LogP contribution in [0.5, 0.6) is 0 Å². The summed E-state index contributed by atoms with van der Waals surface area (Å²) < 4.78 is 5.17. The molecule has 6 nitrogen and oxygen atoms in total. The lowest BCUT2D eigenvalue weighted by molar-refractivity contribution is 0.0943. The van der Waals surface area contributed by atoms with Crippen LogP contribution in [0.4, 0.5) is 0 Å². The van der Waals surface area contributed by atoms with Gasteiger partial charge in [-0.25, -0.2) is 4.98 Å². The van der Waals surface area contributed by atoms with Crippen molar-refractivity contribution in [3.8, 4) is 10.6 Å². The maximum absolute atomic E-state index is 12.3. The molecule has 0 atom stereocenters. The van der Waals surface area contributed by atoms with Gasteiger partial charge in [-0.1, -0.05) is 5.16 Å². The fourth-order valence-electron chi connectivity index (χ4n) is 2.78. The lowest BCUT2D eigenvalue weighted by Gasteiger charge is -2.30. The topological polar surface area (TPSA) is 71.3 Å². The van der Waals surface area contributed by atoms with Crippen molar-refractivity contribution >= 4 is 17.2 Å². The van der Waals surface area contributed by atoms with Crippen LogP contribution in [0.2, 0.25) is 0 Å². The Morgan fingerprint density at radius 1 is 1.29 bits per heavy atom. The predicted octanol–water partition coefficient (Wildman–Crippen LogP) is 3.26. The highest BCUT2D eigenvalue weighted by Crippen LogP contribution is 2.30. The molecule has 1 N–H and O–H groups in total. The highest BCUT2D eigenvalue weighted by molar-refractivity contribution is 7.16. The molecule has 0 aliphatic rings. The molecule has 0 spiro atoms. The maximum Gasteiger partial charge on any atom is 0.263 e. The molecule has 0 fully saturated rings. The van der Waals surface area contributed by atoms with E-state index in [0.717, 1.165) is 28.6 Å². The summed E-state index contributed by atoms with van der Waals surface area (Å²) in [6.07, 6.45) is 1.61. The third-order valence-corrected chi connectivity index (χ3v) is 4.97. The van der Waals surface area contributed by atoms with Gasteiger partial charge in [-0.3, -0.25) is 9.69 Å². The second-order valence-corrected chi connectivity index (χ2v) is 7.44. The standard InChI is InChI=1S/C17H26N4O2S/c1-10(2)21(11(3)4)8-7-18-16(22)14-9-19-17(24-14)15-12(5)20-23-13(15)6/h9-11H,7-8H2,1-6H3,(H,18,22). The van der Waals surface area contributed by atoms with E-state index >= 15 is 0 Å². The lowest BCUT2D eigenvalue weighted by Crippen LogP contribution is -2.42. The smallest absolute Gasteiger partial charge is 0.263 e. The number of amides is 1. The molecule has 24 heavy (non-hydrogen) atoms. The molecule has 0 aliphatic heterocycles. The number of nitrogens with one attached hydrogen (secondary N) is 1. The molecule has 0 aliphatic carbocycles. The van der Waals surface area contributed by atoms with E-state index in [1.807, 2.05) is 13.8 Å². The third kappa shape index (κ3) is 4.21. The largest absolute Gasteiger partial charge is 0.361 e.